The van der Waals surface area contributed by atoms with Gasteiger partial charge in [-0.15, -0.1) is 0 Å². The van der Waals surface area contributed by atoms with Crippen molar-refractivity contribution in [1.82, 2.24) is 5.32 Å². The van der Waals surface area contributed by atoms with Crippen LogP contribution in [0.4, 0.5) is 0 Å². The zero-order valence-electron chi connectivity index (χ0n) is 12.5. The van der Waals surface area contributed by atoms with Crippen LogP contribution in [-0.2, 0) is 14.3 Å². The Balaban J connectivity index is 1.92. The summed E-state index contributed by atoms with van der Waals surface area (Å²) in [5.74, 6) is -0.535. The molecule has 1 heterocycles. The molecule has 6 nitrogen and oxygen atoms in total. The third-order valence-electron chi connectivity index (χ3n) is 3.77. The molecular formula is C16H21NO5. The number of hydrogen-bond donors (Lipinski definition) is 2. The van der Waals surface area contributed by atoms with Gasteiger partial charge in [-0.05, 0) is 25.0 Å². The highest BCUT2D eigenvalue weighted by Gasteiger charge is 2.33. The van der Waals surface area contributed by atoms with E-state index in [0.717, 1.165) is 0 Å². The van der Waals surface area contributed by atoms with E-state index in [4.69, 9.17) is 4.74 Å². The van der Waals surface area contributed by atoms with Gasteiger partial charge < -0.3 is 19.9 Å². The number of hydrogen-bond acceptors (Lipinski definition) is 5. The van der Waals surface area contributed by atoms with E-state index in [2.05, 4.69) is 10.1 Å². The van der Waals surface area contributed by atoms with E-state index >= 15 is 0 Å². The van der Waals surface area contributed by atoms with Gasteiger partial charge in [-0.2, -0.15) is 0 Å². The highest BCUT2D eigenvalue weighted by Crippen LogP contribution is 2.22. The monoisotopic (exact) mass is 307 g/mol. The smallest absolute Gasteiger partial charge is 0.308 e. The Morgan fingerprint density at radius 3 is 2.68 bits per heavy atom. The predicted molar refractivity (Wildman–Crippen MR) is 79.3 cm³/mol. The number of nitrogens with one attached hydrogen (secondary N) is 1. The first-order chi connectivity index (χ1) is 10.6. The van der Waals surface area contributed by atoms with E-state index < -0.39 is 6.10 Å². The molecule has 1 aromatic rings. The molecule has 0 aromatic heterocycles. The summed E-state index contributed by atoms with van der Waals surface area (Å²) in [5, 5.41) is 12.3. The van der Waals surface area contributed by atoms with Crippen LogP contribution < -0.4 is 5.32 Å². The lowest BCUT2D eigenvalue weighted by Gasteiger charge is -2.35. The molecule has 1 aliphatic heterocycles. The summed E-state index contributed by atoms with van der Waals surface area (Å²) in [6, 6.07) is 8.62. The molecule has 6 heteroatoms. The summed E-state index contributed by atoms with van der Waals surface area (Å²) in [6.07, 6.45) is 0.633. The molecular weight excluding hydrogens is 286 g/mol. The van der Waals surface area contributed by atoms with Gasteiger partial charge in [-0.3, -0.25) is 9.59 Å². The van der Waals surface area contributed by atoms with Crippen molar-refractivity contribution in [3.8, 4) is 0 Å². The normalized spacial score (nSPS) is 24.5. The number of esters is 1. The molecule has 120 valence electrons. The molecule has 0 unspecified atom stereocenters. The first-order valence-corrected chi connectivity index (χ1v) is 7.33. The standard InChI is InChI=1S/C16H21NO5/c1-21-15(19)9-12-7-8-13(14(10-18)22-12)17-16(20)11-5-3-2-4-6-11/h2-6,12-14,18H,7-10H2,1H3,(H,17,20)/t12-,13+,14+/m1/s1. The Bertz CT molecular complexity index is 505. The molecule has 0 aliphatic carbocycles. The molecule has 0 spiro atoms. The first-order valence-electron chi connectivity index (χ1n) is 7.33. The average Bonchev–Trinajstić information content (AvgIpc) is 2.56. The topological polar surface area (TPSA) is 84.9 Å². The molecule has 22 heavy (non-hydrogen) atoms. The number of benzene rings is 1. The molecule has 1 saturated heterocycles. The quantitative estimate of drug-likeness (QED) is 0.789. The van der Waals surface area contributed by atoms with Crippen LogP contribution in [-0.4, -0.2) is 48.9 Å². The van der Waals surface area contributed by atoms with Gasteiger partial charge in [-0.25, -0.2) is 0 Å². The highest BCUT2D eigenvalue weighted by atomic mass is 16.5. The van der Waals surface area contributed by atoms with E-state index in [1.165, 1.54) is 7.11 Å². The molecule has 0 saturated carbocycles. The van der Waals surface area contributed by atoms with Crippen molar-refractivity contribution in [2.24, 2.45) is 0 Å². The lowest BCUT2D eigenvalue weighted by atomic mass is 9.97. The minimum absolute atomic E-state index is 0.159. The van der Waals surface area contributed by atoms with E-state index in [0.29, 0.717) is 18.4 Å². The van der Waals surface area contributed by atoms with Gasteiger partial charge in [-0.1, -0.05) is 18.2 Å². The molecule has 2 rings (SSSR count). The zero-order valence-corrected chi connectivity index (χ0v) is 12.5. The summed E-state index contributed by atoms with van der Waals surface area (Å²) in [5.41, 5.74) is 0.566. The number of aliphatic hydroxyl groups excluding tert-OH is 1. The van der Waals surface area contributed by atoms with E-state index in [-0.39, 0.29) is 37.0 Å². The van der Waals surface area contributed by atoms with Crippen LogP contribution in [0.15, 0.2) is 30.3 Å². The third kappa shape index (κ3) is 4.29. The van der Waals surface area contributed by atoms with Crippen molar-refractivity contribution in [3.63, 3.8) is 0 Å². The second kappa shape index (κ2) is 7.91. The van der Waals surface area contributed by atoms with Crippen LogP contribution in [0.5, 0.6) is 0 Å². The summed E-state index contributed by atoms with van der Waals surface area (Å²) in [7, 11) is 1.33. The van der Waals surface area contributed by atoms with Crippen LogP contribution in [0.1, 0.15) is 29.6 Å². The fraction of sp³-hybridized carbons (Fsp3) is 0.500. The predicted octanol–water partition coefficient (Wildman–Crippen LogP) is 0.888. The first kappa shape index (κ1) is 16.5. The van der Waals surface area contributed by atoms with Crippen LogP contribution in [0.3, 0.4) is 0 Å². The van der Waals surface area contributed by atoms with Gasteiger partial charge in [0.05, 0.1) is 32.3 Å². The molecule has 0 bridgehead atoms. The van der Waals surface area contributed by atoms with Gasteiger partial charge in [0.25, 0.3) is 5.91 Å². The van der Waals surface area contributed by atoms with E-state index in [1.807, 2.05) is 6.07 Å². The molecule has 1 aliphatic rings. The molecule has 1 fully saturated rings. The van der Waals surface area contributed by atoms with Crippen LogP contribution >= 0.6 is 0 Å². The van der Waals surface area contributed by atoms with Crippen molar-refractivity contribution in [3.05, 3.63) is 35.9 Å². The van der Waals surface area contributed by atoms with Gasteiger partial charge in [0.1, 0.15) is 6.10 Å². The largest absolute Gasteiger partial charge is 0.469 e. The maximum absolute atomic E-state index is 12.2. The number of carbonyl (C=O) groups is 2. The Morgan fingerprint density at radius 1 is 1.32 bits per heavy atom. The Hall–Kier alpha value is -1.92. The van der Waals surface area contributed by atoms with Crippen molar-refractivity contribution in [1.29, 1.82) is 0 Å². The highest BCUT2D eigenvalue weighted by molar-refractivity contribution is 5.94. The number of amides is 1. The second-order valence-electron chi connectivity index (χ2n) is 5.28. The van der Waals surface area contributed by atoms with E-state index in [9.17, 15) is 14.7 Å². The minimum atomic E-state index is -0.518. The van der Waals surface area contributed by atoms with Gasteiger partial charge in [0.15, 0.2) is 0 Å². The van der Waals surface area contributed by atoms with Crippen molar-refractivity contribution < 1.29 is 24.2 Å². The Kier molecular flexibility index (Phi) is 5.91. The number of rotatable bonds is 5. The number of methoxy groups -OCH3 is 1. The lowest BCUT2D eigenvalue weighted by molar-refractivity contribution is -0.149. The fourth-order valence-corrected chi connectivity index (χ4v) is 2.56. The summed E-state index contributed by atoms with van der Waals surface area (Å²) < 4.78 is 10.3. The SMILES string of the molecule is COC(=O)C[C@H]1CC[C@H](NC(=O)c2ccccc2)[C@H](CO)O1. The minimum Gasteiger partial charge on any atom is -0.469 e. The number of ether oxygens (including phenoxy) is 2. The maximum atomic E-state index is 12.2. The Labute approximate surface area is 129 Å². The molecule has 1 aromatic carbocycles. The number of carbonyl (C=O) groups excluding carboxylic acids is 2. The van der Waals surface area contributed by atoms with Crippen LogP contribution in [0.25, 0.3) is 0 Å². The van der Waals surface area contributed by atoms with E-state index in [1.54, 1.807) is 24.3 Å². The van der Waals surface area contributed by atoms with Crippen LogP contribution in [0, 0.1) is 0 Å². The second-order valence-corrected chi connectivity index (χ2v) is 5.28. The van der Waals surface area contributed by atoms with Crippen molar-refractivity contribution in [2.75, 3.05) is 13.7 Å². The summed E-state index contributed by atoms with van der Waals surface area (Å²) >= 11 is 0. The number of aliphatic hydroxyl groups is 1. The van der Waals surface area contributed by atoms with Gasteiger partial charge in [0.2, 0.25) is 0 Å². The van der Waals surface area contributed by atoms with Crippen molar-refractivity contribution >= 4 is 11.9 Å². The Morgan fingerprint density at radius 2 is 2.05 bits per heavy atom. The van der Waals surface area contributed by atoms with Gasteiger partial charge in [0, 0.05) is 5.56 Å². The molecule has 2 N–H and O–H groups in total. The molecule has 0 radical (unpaired) electrons. The third-order valence-corrected chi connectivity index (χ3v) is 3.77. The maximum Gasteiger partial charge on any atom is 0.308 e. The lowest BCUT2D eigenvalue weighted by Crippen LogP contribution is -2.51. The zero-order chi connectivity index (χ0) is 15.9. The summed E-state index contributed by atoms with van der Waals surface area (Å²) in [6.45, 7) is -0.211. The summed E-state index contributed by atoms with van der Waals surface area (Å²) in [4.78, 5) is 23.4. The van der Waals surface area contributed by atoms with Gasteiger partial charge >= 0.3 is 5.97 Å². The molecule has 3 atom stereocenters. The van der Waals surface area contributed by atoms with Crippen molar-refractivity contribution in [2.45, 2.75) is 37.5 Å². The average molecular weight is 307 g/mol. The van der Waals surface area contributed by atoms with Crippen LogP contribution in [0.2, 0.25) is 0 Å². The fourth-order valence-electron chi connectivity index (χ4n) is 2.56. The molecule has 1 amide bonds.